The van der Waals surface area contributed by atoms with Gasteiger partial charge in [-0.05, 0) is 55.2 Å². The summed E-state index contributed by atoms with van der Waals surface area (Å²) in [6, 6.07) is 8.48. The molecule has 1 atom stereocenters. The molecule has 1 fully saturated rings. The summed E-state index contributed by atoms with van der Waals surface area (Å²) in [5.41, 5.74) is 0.703. The Hall–Kier alpha value is -2.57. The van der Waals surface area contributed by atoms with Crippen LogP contribution in [0.2, 0.25) is 0 Å². The zero-order valence-electron chi connectivity index (χ0n) is 12.5. The monoisotopic (exact) mass is 337 g/mol. The van der Waals surface area contributed by atoms with Crippen LogP contribution in [-0.4, -0.2) is 17.6 Å². The molecule has 1 saturated carbocycles. The van der Waals surface area contributed by atoms with E-state index in [1.807, 2.05) is 0 Å². The van der Waals surface area contributed by atoms with Crippen LogP contribution in [0.5, 0.6) is 17.2 Å². The van der Waals surface area contributed by atoms with Gasteiger partial charge in [-0.1, -0.05) is 0 Å². The summed E-state index contributed by atoms with van der Waals surface area (Å²) in [5, 5.41) is 0. The first-order valence-electron chi connectivity index (χ1n) is 7.39. The summed E-state index contributed by atoms with van der Waals surface area (Å²) >= 11 is 0. The Bertz CT molecular complexity index is 695. The van der Waals surface area contributed by atoms with E-state index in [0.717, 1.165) is 19.1 Å². The van der Waals surface area contributed by atoms with Crippen LogP contribution < -0.4 is 9.47 Å². The molecule has 3 rings (SSSR count). The smallest absolute Gasteiger partial charge is 0.456 e. The van der Waals surface area contributed by atoms with Crippen LogP contribution in [0.4, 0.5) is 13.2 Å². The zero-order chi connectivity index (χ0) is 17.2. The van der Waals surface area contributed by atoms with Crippen LogP contribution in [0.1, 0.15) is 24.5 Å². The van der Waals surface area contributed by atoms with Gasteiger partial charge in [0.2, 0.25) is 0 Å². The third-order valence-electron chi connectivity index (χ3n) is 3.67. The number of hydrogen-bond acceptors (Lipinski definition) is 4. The lowest BCUT2D eigenvalue weighted by Gasteiger charge is -2.11. The van der Waals surface area contributed by atoms with E-state index in [1.165, 1.54) is 30.5 Å². The van der Waals surface area contributed by atoms with Crippen LogP contribution in [0.3, 0.4) is 0 Å². The average molecular weight is 337 g/mol. The van der Waals surface area contributed by atoms with E-state index in [0.29, 0.717) is 23.1 Å². The van der Waals surface area contributed by atoms with Crippen molar-refractivity contribution in [3.63, 3.8) is 0 Å². The predicted molar refractivity (Wildman–Crippen MR) is 79.0 cm³/mol. The van der Waals surface area contributed by atoms with E-state index in [-0.39, 0.29) is 11.7 Å². The highest BCUT2D eigenvalue weighted by atomic mass is 19.4. The van der Waals surface area contributed by atoms with Gasteiger partial charge in [-0.3, -0.25) is 4.98 Å². The highest BCUT2D eigenvalue weighted by Crippen LogP contribution is 2.41. The van der Waals surface area contributed by atoms with Gasteiger partial charge in [0.15, 0.2) is 0 Å². The molecule has 0 bridgehead atoms. The van der Waals surface area contributed by atoms with E-state index >= 15 is 0 Å². The molecule has 1 aliphatic carbocycles. The summed E-state index contributed by atoms with van der Waals surface area (Å²) in [4.78, 5) is 15.4. The van der Waals surface area contributed by atoms with Crippen LogP contribution in [0.25, 0.3) is 0 Å². The van der Waals surface area contributed by atoms with Gasteiger partial charge >= 0.3 is 6.36 Å². The quantitative estimate of drug-likeness (QED) is 0.730. The molecule has 1 heterocycles. The maximum atomic E-state index is 12.1. The number of nitrogens with zero attached hydrogens (tertiary/aromatic N) is 1. The van der Waals surface area contributed by atoms with Gasteiger partial charge in [0.1, 0.15) is 23.5 Å². The van der Waals surface area contributed by atoms with Crippen molar-refractivity contribution in [2.45, 2.75) is 25.1 Å². The van der Waals surface area contributed by atoms with Crippen molar-refractivity contribution in [1.82, 2.24) is 4.98 Å². The van der Waals surface area contributed by atoms with Crippen molar-refractivity contribution in [3.05, 3.63) is 48.3 Å². The standard InChI is InChI=1S/C17H14F3NO3/c18-17(19,20)24-13-5-3-12(4-6-13)23-14-7-8-16(21-9-14)15(10-22)11-1-2-11/h3-11,15H,1-2H2. The second-order valence-corrected chi connectivity index (χ2v) is 5.54. The lowest BCUT2D eigenvalue weighted by atomic mass is 10.0. The van der Waals surface area contributed by atoms with E-state index in [4.69, 9.17) is 4.74 Å². The molecule has 7 heteroatoms. The molecule has 0 radical (unpaired) electrons. The number of ether oxygens (including phenoxy) is 2. The maximum absolute atomic E-state index is 12.1. The summed E-state index contributed by atoms with van der Waals surface area (Å²) < 4.78 is 45.6. The predicted octanol–water partition coefficient (Wildman–Crippen LogP) is 4.47. The molecule has 0 aliphatic heterocycles. The van der Waals surface area contributed by atoms with Crippen molar-refractivity contribution in [3.8, 4) is 17.2 Å². The zero-order valence-corrected chi connectivity index (χ0v) is 12.5. The lowest BCUT2D eigenvalue weighted by molar-refractivity contribution is -0.274. The molecule has 0 N–H and O–H groups in total. The topological polar surface area (TPSA) is 48.4 Å². The molecule has 0 saturated heterocycles. The number of alkyl halides is 3. The first-order chi connectivity index (χ1) is 11.4. The van der Waals surface area contributed by atoms with E-state index in [1.54, 1.807) is 12.1 Å². The number of carbonyl (C=O) groups excluding carboxylic acids is 1. The number of hydrogen-bond donors (Lipinski definition) is 0. The van der Waals surface area contributed by atoms with Gasteiger partial charge in [-0.15, -0.1) is 13.2 Å². The number of carbonyl (C=O) groups is 1. The molecule has 0 amide bonds. The van der Waals surface area contributed by atoms with E-state index < -0.39 is 6.36 Å². The number of pyridine rings is 1. The van der Waals surface area contributed by atoms with Crippen molar-refractivity contribution in [2.75, 3.05) is 0 Å². The van der Waals surface area contributed by atoms with Crippen molar-refractivity contribution in [2.24, 2.45) is 5.92 Å². The fourth-order valence-corrected chi connectivity index (χ4v) is 2.37. The second-order valence-electron chi connectivity index (χ2n) is 5.54. The Kier molecular flexibility index (Phi) is 4.42. The molecule has 1 aromatic carbocycles. The van der Waals surface area contributed by atoms with Crippen LogP contribution in [-0.2, 0) is 4.79 Å². The summed E-state index contributed by atoms with van der Waals surface area (Å²) in [6.45, 7) is 0. The van der Waals surface area contributed by atoms with Gasteiger partial charge < -0.3 is 14.3 Å². The number of aldehydes is 1. The van der Waals surface area contributed by atoms with Gasteiger partial charge in [-0.25, -0.2) is 0 Å². The molecule has 24 heavy (non-hydrogen) atoms. The Balaban J connectivity index is 1.64. The Morgan fingerprint density at radius 1 is 1.04 bits per heavy atom. The molecule has 4 nitrogen and oxygen atoms in total. The molecular formula is C17H14F3NO3. The number of halogens is 3. The fraction of sp³-hybridized carbons (Fsp3) is 0.294. The normalized spacial score (nSPS) is 15.6. The fourth-order valence-electron chi connectivity index (χ4n) is 2.37. The van der Waals surface area contributed by atoms with Crippen LogP contribution in [0, 0.1) is 5.92 Å². The summed E-state index contributed by atoms with van der Waals surface area (Å²) in [5.74, 6) is 0.666. The molecule has 0 spiro atoms. The highest BCUT2D eigenvalue weighted by Gasteiger charge is 2.33. The minimum Gasteiger partial charge on any atom is -0.456 e. The first-order valence-corrected chi connectivity index (χ1v) is 7.39. The number of aromatic nitrogens is 1. The SMILES string of the molecule is O=CC(c1ccc(Oc2ccc(OC(F)(F)F)cc2)cn1)C1CC1. The third kappa shape index (κ3) is 4.24. The van der Waals surface area contributed by atoms with E-state index in [2.05, 4.69) is 9.72 Å². The molecule has 1 aliphatic rings. The number of benzene rings is 1. The second kappa shape index (κ2) is 6.51. The summed E-state index contributed by atoms with van der Waals surface area (Å²) in [7, 11) is 0. The molecule has 1 aromatic heterocycles. The van der Waals surface area contributed by atoms with Crippen molar-refractivity contribution < 1.29 is 27.4 Å². The van der Waals surface area contributed by atoms with Crippen molar-refractivity contribution in [1.29, 1.82) is 0 Å². The first kappa shape index (κ1) is 16.3. The molecule has 2 aromatic rings. The van der Waals surface area contributed by atoms with Crippen LogP contribution in [0.15, 0.2) is 42.6 Å². The summed E-state index contributed by atoms with van der Waals surface area (Å²) in [6.07, 6.45) is -0.238. The minimum atomic E-state index is -4.72. The van der Waals surface area contributed by atoms with Gasteiger partial charge in [0, 0.05) is 0 Å². The van der Waals surface area contributed by atoms with Gasteiger partial charge in [-0.2, -0.15) is 0 Å². The number of rotatable bonds is 6. The minimum absolute atomic E-state index is 0.183. The van der Waals surface area contributed by atoms with Gasteiger partial charge in [0.05, 0.1) is 17.8 Å². The highest BCUT2D eigenvalue weighted by molar-refractivity contribution is 5.62. The Labute approximate surface area is 136 Å². The average Bonchev–Trinajstić information content (AvgIpc) is 3.35. The third-order valence-corrected chi connectivity index (χ3v) is 3.67. The van der Waals surface area contributed by atoms with E-state index in [9.17, 15) is 18.0 Å². The molecule has 1 unspecified atom stereocenters. The Morgan fingerprint density at radius 3 is 2.17 bits per heavy atom. The lowest BCUT2D eigenvalue weighted by Crippen LogP contribution is -2.16. The molecular weight excluding hydrogens is 323 g/mol. The van der Waals surface area contributed by atoms with Gasteiger partial charge in [0.25, 0.3) is 0 Å². The largest absolute Gasteiger partial charge is 0.573 e. The Morgan fingerprint density at radius 2 is 1.67 bits per heavy atom. The maximum Gasteiger partial charge on any atom is 0.573 e. The van der Waals surface area contributed by atoms with Crippen molar-refractivity contribution >= 4 is 6.29 Å². The van der Waals surface area contributed by atoms with Crippen LogP contribution >= 0.6 is 0 Å². The molecule has 126 valence electrons.